The molecule has 0 spiro atoms. The average molecular weight is 541 g/mol. The Balaban J connectivity index is 1.98. The Morgan fingerprint density at radius 3 is 2.11 bits per heavy atom. The molecule has 13 heteroatoms. The summed E-state index contributed by atoms with van der Waals surface area (Å²) in [6.07, 6.45) is -2.03. The van der Waals surface area contributed by atoms with E-state index < -0.39 is 34.2 Å². The average Bonchev–Trinajstić information content (AvgIpc) is 2.90. The maximum absolute atomic E-state index is 12.9. The Morgan fingerprint density at radius 1 is 0.816 bits per heavy atom. The fourth-order valence-electron chi connectivity index (χ4n) is 3.02. The number of guanidine groups is 1. The second-order valence-corrected chi connectivity index (χ2v) is 8.99. The second-order valence-electron chi connectivity index (χ2n) is 7.44. The Kier molecular flexibility index (Phi) is 9.37. The number of alkyl carbamates (subject to hydrolysis) is 1. The molecular weight excluding hydrogens is 516 g/mol. The lowest BCUT2D eigenvalue weighted by Crippen LogP contribution is -2.37. The van der Waals surface area contributed by atoms with Crippen LogP contribution in [-0.2, 0) is 30.8 Å². The van der Waals surface area contributed by atoms with Gasteiger partial charge in [-0.1, -0.05) is 48.5 Å². The molecule has 0 aliphatic heterocycles. The van der Waals surface area contributed by atoms with Crippen molar-refractivity contribution in [3.05, 3.63) is 84.4 Å². The third-order valence-corrected chi connectivity index (χ3v) is 5.99. The Labute approximate surface area is 218 Å². The minimum absolute atomic E-state index is 0.0287. The predicted molar refractivity (Wildman–Crippen MR) is 138 cm³/mol. The number of aliphatic imine (C=N–C) groups is 1. The number of anilines is 2. The van der Waals surface area contributed by atoms with E-state index in [1.165, 1.54) is 24.3 Å². The summed E-state index contributed by atoms with van der Waals surface area (Å²) < 4.78 is 40.1. The van der Waals surface area contributed by atoms with Crippen LogP contribution in [0, 0.1) is 0 Å². The summed E-state index contributed by atoms with van der Waals surface area (Å²) in [5.41, 5.74) is 0.826. The van der Waals surface area contributed by atoms with Gasteiger partial charge in [0.1, 0.15) is 10.6 Å². The number of para-hydroxylation sites is 1. The van der Waals surface area contributed by atoms with Crippen LogP contribution in [0.3, 0.4) is 0 Å². The fraction of sp³-hybridized carbons (Fsp3) is 0.120. The molecule has 12 nitrogen and oxygen atoms in total. The van der Waals surface area contributed by atoms with Crippen LogP contribution in [0.15, 0.2) is 88.8 Å². The summed E-state index contributed by atoms with van der Waals surface area (Å²) in [7, 11) is -2.15. The first-order valence-corrected chi connectivity index (χ1v) is 12.4. The summed E-state index contributed by atoms with van der Waals surface area (Å²) in [4.78, 5) is 39.5. The molecule has 0 saturated carbocycles. The topological polar surface area (TPSA) is 161 Å². The van der Waals surface area contributed by atoms with Crippen LogP contribution >= 0.6 is 0 Å². The van der Waals surface area contributed by atoms with Gasteiger partial charge in [0.25, 0.3) is 0 Å². The zero-order valence-corrected chi connectivity index (χ0v) is 21.2. The monoisotopic (exact) mass is 540 g/mol. The van der Waals surface area contributed by atoms with E-state index in [1.807, 2.05) is 6.07 Å². The number of nitrogens with one attached hydrogen (secondary N) is 3. The number of nitrogens with zero attached hydrogens (tertiary/aromatic N) is 1. The van der Waals surface area contributed by atoms with Crippen molar-refractivity contribution in [3.8, 4) is 5.75 Å². The van der Waals surface area contributed by atoms with E-state index in [0.717, 1.165) is 25.8 Å². The molecule has 0 saturated heterocycles. The van der Waals surface area contributed by atoms with E-state index in [1.54, 1.807) is 42.5 Å². The van der Waals surface area contributed by atoms with Crippen molar-refractivity contribution in [2.75, 3.05) is 24.9 Å². The maximum atomic E-state index is 12.9. The number of carbonyl (C=O) groups is 3. The van der Waals surface area contributed by atoms with Crippen LogP contribution in [0.1, 0.15) is 5.56 Å². The zero-order valence-electron chi connectivity index (χ0n) is 20.3. The molecule has 0 aliphatic carbocycles. The summed E-state index contributed by atoms with van der Waals surface area (Å²) in [6, 6.07) is 20.5. The largest absolute Gasteiger partial charge is 0.453 e. The molecule has 0 atom stereocenters. The third kappa shape index (κ3) is 8.06. The summed E-state index contributed by atoms with van der Waals surface area (Å²) in [5.74, 6) is -0.786. The van der Waals surface area contributed by atoms with Crippen molar-refractivity contribution in [2.45, 2.75) is 11.3 Å². The summed E-state index contributed by atoms with van der Waals surface area (Å²) in [5, 5.41) is 7.48. The first-order valence-electron chi connectivity index (χ1n) is 11.0. The molecule has 3 aromatic carbocycles. The third-order valence-electron chi connectivity index (χ3n) is 4.75. The number of methoxy groups -OCH3 is 2. The van der Waals surface area contributed by atoms with Gasteiger partial charge in [-0.05, 0) is 35.9 Å². The van der Waals surface area contributed by atoms with E-state index >= 15 is 0 Å². The molecule has 0 aromatic heterocycles. The number of ether oxygens (including phenoxy) is 2. The molecule has 3 amide bonds. The highest BCUT2D eigenvalue weighted by molar-refractivity contribution is 7.87. The van der Waals surface area contributed by atoms with E-state index in [0.29, 0.717) is 0 Å². The number of rotatable bonds is 7. The van der Waals surface area contributed by atoms with E-state index in [9.17, 15) is 22.8 Å². The molecule has 0 unspecified atom stereocenters. The minimum atomic E-state index is -4.32. The molecule has 0 radical (unpaired) electrons. The number of benzene rings is 3. The van der Waals surface area contributed by atoms with Gasteiger partial charge in [0.15, 0.2) is 0 Å². The van der Waals surface area contributed by atoms with Crippen molar-refractivity contribution < 1.29 is 36.5 Å². The highest BCUT2D eigenvalue weighted by atomic mass is 32.2. The molecule has 3 aromatic rings. The lowest BCUT2D eigenvalue weighted by atomic mass is 10.1. The number of carbonyl (C=O) groups excluding carboxylic acids is 3. The standard InChI is InChI=1S/C25H24N4O8S/c1-35-24(31)28-23(29-25(32)36-2)27-21-16-19(38(33,34)37-18-11-7-4-8-12-18)13-14-20(21)26-22(30)15-17-9-5-3-6-10-17/h3-14,16H,15H2,1-2H3,(H,26,30)(H2,27,28,29,31,32). The number of hydrogen-bond donors (Lipinski definition) is 3. The highest BCUT2D eigenvalue weighted by Crippen LogP contribution is 2.28. The van der Waals surface area contributed by atoms with Crippen molar-refractivity contribution >= 4 is 45.5 Å². The summed E-state index contributed by atoms with van der Waals surface area (Å²) in [6.45, 7) is 0. The van der Waals surface area contributed by atoms with E-state index in [-0.39, 0.29) is 28.4 Å². The number of amides is 3. The van der Waals surface area contributed by atoms with Crippen LogP contribution in [0.5, 0.6) is 5.75 Å². The lowest BCUT2D eigenvalue weighted by molar-refractivity contribution is -0.115. The van der Waals surface area contributed by atoms with Crippen LogP contribution in [0.2, 0.25) is 0 Å². The Morgan fingerprint density at radius 2 is 1.47 bits per heavy atom. The summed E-state index contributed by atoms with van der Waals surface area (Å²) >= 11 is 0. The fourth-order valence-corrected chi connectivity index (χ4v) is 3.97. The van der Waals surface area contributed by atoms with Gasteiger partial charge in [0, 0.05) is 0 Å². The molecular formula is C25H24N4O8S. The smallest absolute Gasteiger partial charge is 0.436 e. The van der Waals surface area contributed by atoms with E-state index in [4.69, 9.17) is 4.18 Å². The molecule has 0 bridgehead atoms. The normalized spacial score (nSPS) is 11.2. The molecule has 38 heavy (non-hydrogen) atoms. The molecule has 3 rings (SSSR count). The van der Waals surface area contributed by atoms with Crippen LogP contribution < -0.4 is 20.1 Å². The Bertz CT molecular complexity index is 1430. The molecule has 0 heterocycles. The van der Waals surface area contributed by atoms with Gasteiger partial charge in [-0.15, -0.1) is 4.99 Å². The van der Waals surface area contributed by atoms with Gasteiger partial charge in [-0.3, -0.25) is 10.1 Å². The first kappa shape index (κ1) is 27.7. The molecule has 3 N–H and O–H groups in total. The number of hydrogen-bond acceptors (Lipinski definition) is 8. The van der Waals surface area contributed by atoms with Gasteiger partial charge in [-0.2, -0.15) is 8.42 Å². The van der Waals surface area contributed by atoms with Crippen LogP contribution in [0.25, 0.3) is 0 Å². The molecule has 0 fully saturated rings. The van der Waals surface area contributed by atoms with Crippen molar-refractivity contribution in [3.63, 3.8) is 0 Å². The van der Waals surface area contributed by atoms with Gasteiger partial charge in [-0.25, -0.2) is 9.59 Å². The zero-order chi connectivity index (χ0) is 27.5. The van der Waals surface area contributed by atoms with Crippen molar-refractivity contribution in [1.29, 1.82) is 0 Å². The maximum Gasteiger partial charge on any atom is 0.436 e. The van der Waals surface area contributed by atoms with Gasteiger partial charge < -0.3 is 24.3 Å². The van der Waals surface area contributed by atoms with Gasteiger partial charge in [0.2, 0.25) is 11.9 Å². The van der Waals surface area contributed by atoms with Crippen molar-refractivity contribution in [1.82, 2.24) is 5.32 Å². The Hall–Kier alpha value is -4.91. The predicted octanol–water partition coefficient (Wildman–Crippen LogP) is 3.53. The van der Waals surface area contributed by atoms with E-state index in [2.05, 4.69) is 30.4 Å². The van der Waals surface area contributed by atoms with Gasteiger partial charge >= 0.3 is 22.3 Å². The first-order chi connectivity index (χ1) is 18.2. The van der Waals surface area contributed by atoms with Gasteiger partial charge in [0.05, 0.1) is 32.0 Å². The van der Waals surface area contributed by atoms with Crippen LogP contribution in [0.4, 0.5) is 21.0 Å². The second kappa shape index (κ2) is 12.9. The van der Waals surface area contributed by atoms with Crippen molar-refractivity contribution in [2.24, 2.45) is 4.99 Å². The highest BCUT2D eigenvalue weighted by Gasteiger charge is 2.21. The quantitative estimate of drug-likeness (QED) is 0.231. The molecule has 198 valence electrons. The lowest BCUT2D eigenvalue weighted by Gasteiger charge is -2.16. The minimum Gasteiger partial charge on any atom is -0.453 e. The van der Waals surface area contributed by atoms with Crippen LogP contribution in [-0.4, -0.2) is 46.7 Å². The SMILES string of the molecule is COC(=O)/N=C(/NC(=O)OC)Nc1cc(S(=O)(=O)Oc2ccccc2)ccc1NC(=O)Cc1ccccc1. The molecule has 0 aliphatic rings.